The second-order valence-electron chi connectivity index (χ2n) is 6.40. The fourth-order valence-electron chi connectivity index (χ4n) is 2.58. The monoisotopic (exact) mass is 402 g/mol. The summed E-state index contributed by atoms with van der Waals surface area (Å²) in [6, 6.07) is 10.6. The van der Waals surface area contributed by atoms with Crippen LogP contribution in [0.25, 0.3) is 10.9 Å². The zero-order valence-corrected chi connectivity index (χ0v) is 16.5. The van der Waals surface area contributed by atoms with E-state index in [1.54, 1.807) is 35.0 Å². The van der Waals surface area contributed by atoms with Gasteiger partial charge in [-0.2, -0.15) is 0 Å². The summed E-state index contributed by atoms with van der Waals surface area (Å²) in [5.74, 6) is 0.134. The zero-order valence-electron chi connectivity index (χ0n) is 15.0. The van der Waals surface area contributed by atoms with Crippen LogP contribution in [0.5, 0.6) is 0 Å². The lowest BCUT2D eigenvalue weighted by Crippen LogP contribution is -2.26. The number of halogens is 1. The molecule has 0 atom stereocenters. The molecule has 27 heavy (non-hydrogen) atoms. The average Bonchev–Trinajstić information content (AvgIpc) is 2.64. The maximum Gasteiger partial charge on any atom is 0.262 e. The maximum absolute atomic E-state index is 12.8. The van der Waals surface area contributed by atoms with E-state index in [1.165, 1.54) is 11.8 Å². The van der Waals surface area contributed by atoms with Gasteiger partial charge in [-0.05, 0) is 30.2 Å². The molecule has 0 spiro atoms. The number of thioether (sulfide) groups is 1. The minimum atomic E-state index is -0.242. The van der Waals surface area contributed by atoms with Gasteiger partial charge in [0.25, 0.3) is 5.56 Å². The molecule has 1 N–H and O–H groups in total. The van der Waals surface area contributed by atoms with Gasteiger partial charge >= 0.3 is 0 Å². The lowest BCUT2D eigenvalue weighted by Gasteiger charge is -2.15. The van der Waals surface area contributed by atoms with Crippen molar-refractivity contribution in [3.05, 3.63) is 58.1 Å². The Balaban J connectivity index is 1.84. The number of rotatable bonds is 6. The van der Waals surface area contributed by atoms with Crippen molar-refractivity contribution in [2.75, 3.05) is 11.1 Å². The third-order valence-electron chi connectivity index (χ3n) is 3.74. The van der Waals surface area contributed by atoms with Crippen LogP contribution in [0.3, 0.4) is 0 Å². The first-order valence-electron chi connectivity index (χ1n) is 8.48. The topological polar surface area (TPSA) is 76.9 Å². The van der Waals surface area contributed by atoms with Crippen LogP contribution in [0, 0.1) is 5.92 Å². The van der Waals surface area contributed by atoms with E-state index in [0.29, 0.717) is 28.3 Å². The fraction of sp³-hybridized carbons (Fsp3) is 0.263. The lowest BCUT2D eigenvalue weighted by atomic mass is 10.2. The van der Waals surface area contributed by atoms with E-state index in [2.05, 4.69) is 15.3 Å². The number of para-hydroxylation sites is 1. The second kappa shape index (κ2) is 8.54. The largest absolute Gasteiger partial charge is 0.323 e. The SMILES string of the molecule is CC(C)Cn1c(SCC(=O)Nc2cccnc2Cl)nc2ccccc2c1=O. The first-order chi connectivity index (χ1) is 13.0. The number of hydrogen-bond acceptors (Lipinski definition) is 5. The molecule has 2 heterocycles. The van der Waals surface area contributed by atoms with E-state index in [9.17, 15) is 9.59 Å². The molecule has 0 saturated carbocycles. The number of carbonyl (C=O) groups is 1. The highest BCUT2D eigenvalue weighted by Crippen LogP contribution is 2.21. The van der Waals surface area contributed by atoms with Gasteiger partial charge in [-0.1, -0.05) is 49.3 Å². The van der Waals surface area contributed by atoms with Crippen LogP contribution in [0.2, 0.25) is 5.15 Å². The van der Waals surface area contributed by atoms with E-state index in [1.807, 2.05) is 26.0 Å². The molecule has 0 aliphatic rings. The number of benzene rings is 1. The summed E-state index contributed by atoms with van der Waals surface area (Å²) in [4.78, 5) is 33.7. The fourth-order valence-corrected chi connectivity index (χ4v) is 3.55. The number of nitrogens with zero attached hydrogens (tertiary/aromatic N) is 3. The van der Waals surface area contributed by atoms with Crippen molar-refractivity contribution in [3.63, 3.8) is 0 Å². The predicted octanol–water partition coefficient (Wildman–Crippen LogP) is 3.83. The number of pyridine rings is 1. The van der Waals surface area contributed by atoms with Gasteiger partial charge in [0.15, 0.2) is 10.3 Å². The van der Waals surface area contributed by atoms with Crippen molar-refractivity contribution in [3.8, 4) is 0 Å². The van der Waals surface area contributed by atoms with Crippen molar-refractivity contribution in [1.82, 2.24) is 14.5 Å². The van der Waals surface area contributed by atoms with Gasteiger partial charge in [-0.25, -0.2) is 9.97 Å². The summed E-state index contributed by atoms with van der Waals surface area (Å²) in [6.07, 6.45) is 1.55. The average molecular weight is 403 g/mol. The Morgan fingerprint density at radius 1 is 1.26 bits per heavy atom. The second-order valence-corrected chi connectivity index (χ2v) is 7.70. The van der Waals surface area contributed by atoms with E-state index in [4.69, 9.17) is 11.6 Å². The van der Waals surface area contributed by atoms with Crippen LogP contribution in [0.15, 0.2) is 52.5 Å². The third kappa shape index (κ3) is 4.67. The zero-order chi connectivity index (χ0) is 19.4. The van der Waals surface area contributed by atoms with Crippen LogP contribution in [0.1, 0.15) is 13.8 Å². The first-order valence-corrected chi connectivity index (χ1v) is 9.85. The molecule has 0 bridgehead atoms. The predicted molar refractivity (Wildman–Crippen MR) is 109 cm³/mol. The van der Waals surface area contributed by atoms with Gasteiger partial charge in [0, 0.05) is 12.7 Å². The summed E-state index contributed by atoms with van der Waals surface area (Å²) in [5.41, 5.74) is 0.990. The number of aromatic nitrogens is 3. The molecule has 0 saturated heterocycles. The van der Waals surface area contributed by atoms with Gasteiger partial charge in [0.1, 0.15) is 0 Å². The number of nitrogens with one attached hydrogen (secondary N) is 1. The highest BCUT2D eigenvalue weighted by Gasteiger charge is 2.14. The number of anilines is 1. The van der Waals surface area contributed by atoms with Gasteiger partial charge in [0.2, 0.25) is 5.91 Å². The maximum atomic E-state index is 12.8. The Morgan fingerprint density at radius 2 is 2.04 bits per heavy atom. The molecule has 1 amide bonds. The Labute approximate surface area is 166 Å². The van der Waals surface area contributed by atoms with E-state index < -0.39 is 0 Å². The van der Waals surface area contributed by atoms with Crippen molar-refractivity contribution in [2.24, 2.45) is 5.92 Å². The van der Waals surface area contributed by atoms with E-state index >= 15 is 0 Å². The smallest absolute Gasteiger partial charge is 0.262 e. The standard InChI is InChI=1S/C19H19ClN4O2S/c1-12(2)10-24-18(26)13-6-3-4-7-14(13)23-19(24)27-11-16(25)22-15-8-5-9-21-17(15)20/h3-9,12H,10-11H2,1-2H3,(H,22,25). The van der Waals surface area contributed by atoms with E-state index in [-0.39, 0.29) is 28.3 Å². The summed E-state index contributed by atoms with van der Waals surface area (Å²) in [5, 5.41) is 4.06. The number of fused-ring (bicyclic) bond motifs is 1. The minimum Gasteiger partial charge on any atom is -0.323 e. The van der Waals surface area contributed by atoms with Gasteiger partial charge in [0.05, 0.1) is 22.3 Å². The van der Waals surface area contributed by atoms with Crippen LogP contribution in [0.4, 0.5) is 5.69 Å². The highest BCUT2D eigenvalue weighted by atomic mass is 35.5. The normalized spacial score (nSPS) is 11.1. The van der Waals surface area contributed by atoms with E-state index in [0.717, 1.165) is 0 Å². The molecule has 0 fully saturated rings. The quantitative estimate of drug-likeness (QED) is 0.385. The van der Waals surface area contributed by atoms with Gasteiger partial charge in [-0.15, -0.1) is 0 Å². The number of carbonyl (C=O) groups excluding carboxylic acids is 1. The van der Waals surface area contributed by atoms with Crippen molar-refractivity contribution in [2.45, 2.75) is 25.5 Å². The molecule has 8 heteroatoms. The molecule has 3 aromatic rings. The van der Waals surface area contributed by atoms with Crippen LogP contribution >= 0.6 is 23.4 Å². The van der Waals surface area contributed by atoms with Crippen LogP contribution in [-0.4, -0.2) is 26.2 Å². The minimum absolute atomic E-state index is 0.0903. The summed E-state index contributed by atoms with van der Waals surface area (Å²) in [7, 11) is 0. The molecule has 0 aliphatic carbocycles. The lowest BCUT2D eigenvalue weighted by molar-refractivity contribution is -0.113. The molecule has 2 aromatic heterocycles. The molecule has 0 aliphatic heterocycles. The van der Waals surface area contributed by atoms with Gasteiger partial charge in [-0.3, -0.25) is 14.2 Å². The third-order valence-corrected chi connectivity index (χ3v) is 5.02. The number of amides is 1. The van der Waals surface area contributed by atoms with Crippen LogP contribution in [-0.2, 0) is 11.3 Å². The van der Waals surface area contributed by atoms with Crippen molar-refractivity contribution in [1.29, 1.82) is 0 Å². The van der Waals surface area contributed by atoms with Crippen molar-refractivity contribution >= 4 is 45.9 Å². The van der Waals surface area contributed by atoms with Crippen molar-refractivity contribution < 1.29 is 4.79 Å². The Morgan fingerprint density at radius 3 is 2.78 bits per heavy atom. The Kier molecular flexibility index (Phi) is 6.13. The molecule has 140 valence electrons. The molecule has 0 radical (unpaired) electrons. The molecule has 6 nitrogen and oxygen atoms in total. The molecule has 0 unspecified atom stereocenters. The first kappa shape index (κ1) is 19.4. The molecular weight excluding hydrogens is 384 g/mol. The summed E-state index contributed by atoms with van der Waals surface area (Å²) < 4.78 is 1.64. The number of hydrogen-bond donors (Lipinski definition) is 1. The molecule has 1 aromatic carbocycles. The Bertz CT molecular complexity index is 1040. The van der Waals surface area contributed by atoms with Crippen LogP contribution < -0.4 is 10.9 Å². The Hall–Kier alpha value is -2.38. The summed E-state index contributed by atoms with van der Waals surface area (Å²) >= 11 is 7.19. The summed E-state index contributed by atoms with van der Waals surface area (Å²) in [6.45, 7) is 4.61. The highest BCUT2D eigenvalue weighted by molar-refractivity contribution is 7.99. The van der Waals surface area contributed by atoms with Gasteiger partial charge < -0.3 is 5.32 Å². The molecular formula is C19H19ClN4O2S. The molecule has 3 rings (SSSR count).